The van der Waals surface area contributed by atoms with Gasteiger partial charge in [-0.25, -0.2) is 0 Å². The van der Waals surface area contributed by atoms with Gasteiger partial charge in [0.05, 0.1) is 12.3 Å². The molecular formula is C12H19NO2S. The lowest BCUT2D eigenvalue weighted by atomic mass is 10.2. The smallest absolute Gasteiger partial charge is 0.143 e. The summed E-state index contributed by atoms with van der Waals surface area (Å²) >= 11 is 1.71. The zero-order chi connectivity index (χ0) is 12.0. The van der Waals surface area contributed by atoms with Gasteiger partial charge < -0.3 is 15.6 Å². The summed E-state index contributed by atoms with van der Waals surface area (Å²) in [5, 5.41) is 8.94. The second-order valence-corrected chi connectivity index (χ2v) is 4.82. The minimum absolute atomic E-state index is 0.223. The molecule has 90 valence electrons. The Morgan fingerprint density at radius 2 is 2.25 bits per heavy atom. The summed E-state index contributed by atoms with van der Waals surface area (Å²) in [7, 11) is 0. The highest BCUT2D eigenvalue weighted by molar-refractivity contribution is 7.99. The Kier molecular flexibility index (Phi) is 5.49. The molecular weight excluding hydrogens is 222 g/mol. The van der Waals surface area contributed by atoms with E-state index in [0.29, 0.717) is 18.2 Å². The molecule has 0 saturated carbocycles. The van der Waals surface area contributed by atoms with Gasteiger partial charge in [0.15, 0.2) is 0 Å². The Balaban J connectivity index is 2.63. The fourth-order valence-corrected chi connectivity index (χ4v) is 2.11. The fraction of sp³-hybridized carbons (Fsp3) is 0.500. The van der Waals surface area contributed by atoms with Crippen LogP contribution in [0.5, 0.6) is 5.75 Å². The molecule has 0 amide bonds. The van der Waals surface area contributed by atoms with Gasteiger partial charge in [-0.15, -0.1) is 11.8 Å². The van der Waals surface area contributed by atoms with E-state index in [9.17, 15) is 0 Å². The van der Waals surface area contributed by atoms with Crippen molar-refractivity contribution in [3.05, 3.63) is 18.2 Å². The van der Waals surface area contributed by atoms with E-state index in [1.54, 1.807) is 11.8 Å². The number of nitrogens with two attached hydrogens (primary N) is 1. The van der Waals surface area contributed by atoms with E-state index in [4.69, 9.17) is 15.6 Å². The van der Waals surface area contributed by atoms with Gasteiger partial charge in [0.2, 0.25) is 0 Å². The van der Waals surface area contributed by atoms with Crippen molar-refractivity contribution in [3.8, 4) is 5.75 Å². The molecule has 1 aromatic carbocycles. The first kappa shape index (κ1) is 13.2. The maximum Gasteiger partial charge on any atom is 0.143 e. The van der Waals surface area contributed by atoms with E-state index in [2.05, 4.69) is 0 Å². The second-order valence-electron chi connectivity index (χ2n) is 3.73. The lowest BCUT2D eigenvalue weighted by Crippen LogP contribution is -2.03. The van der Waals surface area contributed by atoms with Gasteiger partial charge in [-0.2, -0.15) is 0 Å². The molecule has 0 fully saturated rings. The van der Waals surface area contributed by atoms with Crippen LogP contribution in [0, 0.1) is 5.92 Å². The Labute approximate surface area is 101 Å². The van der Waals surface area contributed by atoms with Gasteiger partial charge >= 0.3 is 0 Å². The number of hydrogen-bond acceptors (Lipinski definition) is 4. The molecule has 1 atom stereocenters. The normalized spacial score (nSPS) is 12.4. The number of nitrogen functional groups attached to an aromatic ring is 1. The molecule has 1 rings (SSSR count). The molecule has 16 heavy (non-hydrogen) atoms. The van der Waals surface area contributed by atoms with Gasteiger partial charge in [-0.3, -0.25) is 0 Å². The largest absolute Gasteiger partial charge is 0.492 e. The van der Waals surface area contributed by atoms with Gasteiger partial charge in [0.1, 0.15) is 5.75 Å². The highest BCUT2D eigenvalue weighted by Gasteiger charge is 2.05. The fourth-order valence-electron chi connectivity index (χ4n) is 1.18. The highest BCUT2D eigenvalue weighted by Crippen LogP contribution is 2.29. The lowest BCUT2D eigenvalue weighted by Gasteiger charge is -2.10. The number of rotatable bonds is 6. The average Bonchev–Trinajstić information content (AvgIpc) is 2.30. The zero-order valence-electron chi connectivity index (χ0n) is 9.77. The maximum atomic E-state index is 8.94. The third kappa shape index (κ3) is 3.94. The number of ether oxygens (including phenoxy) is 1. The van der Waals surface area contributed by atoms with Crippen LogP contribution in [0.15, 0.2) is 23.1 Å². The summed E-state index contributed by atoms with van der Waals surface area (Å²) < 4.78 is 5.42. The number of aliphatic hydroxyl groups is 1. The van der Waals surface area contributed by atoms with Gasteiger partial charge in [0, 0.05) is 17.3 Å². The number of hydrogen-bond donors (Lipinski definition) is 2. The second kappa shape index (κ2) is 6.66. The van der Waals surface area contributed by atoms with Crippen LogP contribution in [0.1, 0.15) is 13.8 Å². The molecule has 0 spiro atoms. The molecule has 1 aromatic rings. The molecule has 0 heterocycles. The monoisotopic (exact) mass is 241 g/mol. The van der Waals surface area contributed by atoms with Crippen LogP contribution in [0.25, 0.3) is 0 Å². The minimum atomic E-state index is 0.223. The molecule has 0 aromatic heterocycles. The van der Waals surface area contributed by atoms with Crippen LogP contribution in [0.2, 0.25) is 0 Å². The summed E-state index contributed by atoms with van der Waals surface area (Å²) in [5.41, 5.74) is 6.45. The topological polar surface area (TPSA) is 55.5 Å². The quantitative estimate of drug-likeness (QED) is 0.593. The highest BCUT2D eigenvalue weighted by atomic mass is 32.2. The van der Waals surface area contributed by atoms with Crippen molar-refractivity contribution in [2.75, 3.05) is 24.7 Å². The summed E-state index contributed by atoms with van der Waals surface area (Å²) in [6, 6.07) is 5.79. The van der Waals surface area contributed by atoms with Crippen LogP contribution < -0.4 is 10.5 Å². The molecule has 4 heteroatoms. The summed E-state index contributed by atoms with van der Waals surface area (Å²) in [5.74, 6) is 1.94. The Morgan fingerprint density at radius 3 is 2.88 bits per heavy atom. The SMILES string of the molecule is CCOc1cc(SCC(C)CO)ccc1N. The van der Waals surface area contributed by atoms with Crippen LogP contribution in [0.3, 0.4) is 0 Å². The van der Waals surface area contributed by atoms with Gasteiger partial charge in [-0.05, 0) is 31.0 Å². The van der Waals surface area contributed by atoms with E-state index < -0.39 is 0 Å². The number of aliphatic hydroxyl groups excluding tert-OH is 1. The zero-order valence-corrected chi connectivity index (χ0v) is 10.6. The van der Waals surface area contributed by atoms with E-state index in [1.165, 1.54) is 0 Å². The molecule has 0 aliphatic rings. The molecule has 0 bridgehead atoms. The summed E-state index contributed by atoms with van der Waals surface area (Å²) in [4.78, 5) is 1.12. The molecule has 0 aliphatic heterocycles. The van der Waals surface area contributed by atoms with Crippen molar-refractivity contribution >= 4 is 17.4 Å². The van der Waals surface area contributed by atoms with E-state index in [1.807, 2.05) is 32.0 Å². The van der Waals surface area contributed by atoms with Crippen molar-refractivity contribution < 1.29 is 9.84 Å². The third-order valence-electron chi connectivity index (χ3n) is 2.13. The molecule has 1 unspecified atom stereocenters. The van der Waals surface area contributed by atoms with Crippen molar-refractivity contribution in [1.82, 2.24) is 0 Å². The van der Waals surface area contributed by atoms with Crippen LogP contribution >= 0.6 is 11.8 Å². The van der Waals surface area contributed by atoms with Crippen molar-refractivity contribution in [3.63, 3.8) is 0 Å². The van der Waals surface area contributed by atoms with Crippen molar-refractivity contribution in [1.29, 1.82) is 0 Å². The Bertz CT molecular complexity index is 331. The Morgan fingerprint density at radius 1 is 1.50 bits per heavy atom. The minimum Gasteiger partial charge on any atom is -0.492 e. The molecule has 3 N–H and O–H groups in total. The standard InChI is InChI=1S/C12H19NO2S/c1-3-15-12-6-10(4-5-11(12)13)16-8-9(2)7-14/h4-6,9,14H,3,7-8,13H2,1-2H3. The predicted octanol–water partition coefficient (Wildman–Crippen LogP) is 2.39. The first-order chi connectivity index (χ1) is 7.67. The predicted molar refractivity (Wildman–Crippen MR) is 69.0 cm³/mol. The van der Waals surface area contributed by atoms with E-state index in [0.717, 1.165) is 16.4 Å². The summed E-state index contributed by atoms with van der Waals surface area (Å²) in [6.07, 6.45) is 0. The maximum absolute atomic E-state index is 8.94. The average molecular weight is 241 g/mol. The van der Waals surface area contributed by atoms with Crippen molar-refractivity contribution in [2.45, 2.75) is 18.7 Å². The van der Waals surface area contributed by atoms with Crippen LogP contribution in [-0.4, -0.2) is 24.1 Å². The molecule has 0 radical (unpaired) electrons. The number of benzene rings is 1. The van der Waals surface area contributed by atoms with Crippen molar-refractivity contribution in [2.24, 2.45) is 5.92 Å². The number of anilines is 1. The third-order valence-corrected chi connectivity index (χ3v) is 3.45. The molecule has 0 saturated heterocycles. The molecule has 0 aliphatic carbocycles. The Hall–Kier alpha value is -0.870. The van der Waals surface area contributed by atoms with Gasteiger partial charge in [-0.1, -0.05) is 6.92 Å². The number of thioether (sulfide) groups is 1. The lowest BCUT2D eigenvalue weighted by molar-refractivity contribution is 0.250. The van der Waals surface area contributed by atoms with E-state index >= 15 is 0 Å². The molecule has 3 nitrogen and oxygen atoms in total. The first-order valence-corrected chi connectivity index (χ1v) is 6.42. The van der Waals surface area contributed by atoms with Gasteiger partial charge in [0.25, 0.3) is 0 Å². The van der Waals surface area contributed by atoms with Crippen LogP contribution in [-0.2, 0) is 0 Å². The van der Waals surface area contributed by atoms with E-state index in [-0.39, 0.29) is 6.61 Å². The summed E-state index contributed by atoms with van der Waals surface area (Å²) in [6.45, 7) is 4.80. The first-order valence-electron chi connectivity index (χ1n) is 5.43. The van der Waals surface area contributed by atoms with Crippen LogP contribution in [0.4, 0.5) is 5.69 Å².